The summed E-state index contributed by atoms with van der Waals surface area (Å²) >= 11 is 0. The number of aromatic nitrogens is 4. The number of rotatable bonds is 7. The summed E-state index contributed by atoms with van der Waals surface area (Å²) < 4.78 is 1.94. The Morgan fingerprint density at radius 1 is 1.33 bits per heavy atom. The third-order valence-corrected chi connectivity index (χ3v) is 4.16. The number of carbonyl (C=O) groups excluding carboxylic acids is 1. The average Bonchev–Trinajstić information content (AvgIpc) is 3.24. The third-order valence-electron chi connectivity index (χ3n) is 4.16. The molecule has 2 aromatic rings. The molecule has 0 spiro atoms. The van der Waals surface area contributed by atoms with Crippen molar-refractivity contribution in [2.45, 2.75) is 31.4 Å². The largest absolute Gasteiger partial charge is 0.386 e. The van der Waals surface area contributed by atoms with Gasteiger partial charge in [-0.05, 0) is 18.9 Å². The van der Waals surface area contributed by atoms with Crippen LogP contribution in [0.2, 0.25) is 0 Å². The Kier molecular flexibility index (Phi) is 5.05. The van der Waals surface area contributed by atoms with E-state index >= 15 is 0 Å². The number of imidazole rings is 1. The standard InChI is InChI=1S/C16H22N6O2/c23-14(3-1-8-21-10-7-17-13-21)20-11-16(24)4-9-22(12-16)15-18-5-2-6-19-15/h2,5-7,10,13,24H,1,3-4,8-9,11-12H2,(H,20,23)/t16-/m0/s1. The molecule has 0 radical (unpaired) electrons. The average molecular weight is 330 g/mol. The Morgan fingerprint density at radius 2 is 2.17 bits per heavy atom. The topological polar surface area (TPSA) is 96.2 Å². The maximum atomic E-state index is 11.9. The van der Waals surface area contributed by atoms with E-state index in [1.54, 1.807) is 31.0 Å². The Labute approximate surface area is 140 Å². The van der Waals surface area contributed by atoms with Crippen LogP contribution in [0.3, 0.4) is 0 Å². The first kappa shape index (κ1) is 16.4. The number of nitrogens with zero attached hydrogens (tertiary/aromatic N) is 5. The molecule has 1 aliphatic rings. The molecular weight excluding hydrogens is 308 g/mol. The van der Waals surface area contributed by atoms with Gasteiger partial charge in [0.15, 0.2) is 0 Å². The van der Waals surface area contributed by atoms with Gasteiger partial charge < -0.3 is 19.9 Å². The predicted octanol–water partition coefficient (Wildman–Crippen LogP) is 0.211. The van der Waals surface area contributed by atoms with E-state index in [0.717, 1.165) is 13.0 Å². The van der Waals surface area contributed by atoms with Gasteiger partial charge in [-0.3, -0.25) is 4.79 Å². The molecule has 128 valence electrons. The molecule has 1 atom stereocenters. The molecule has 0 bridgehead atoms. The van der Waals surface area contributed by atoms with Crippen molar-refractivity contribution >= 4 is 11.9 Å². The van der Waals surface area contributed by atoms with Gasteiger partial charge in [-0.25, -0.2) is 15.0 Å². The first-order chi connectivity index (χ1) is 11.6. The van der Waals surface area contributed by atoms with Gasteiger partial charge in [-0.15, -0.1) is 0 Å². The molecule has 2 N–H and O–H groups in total. The number of aliphatic hydroxyl groups is 1. The number of aryl methyl sites for hydroxylation is 1. The first-order valence-corrected chi connectivity index (χ1v) is 8.11. The van der Waals surface area contributed by atoms with Crippen molar-refractivity contribution in [2.75, 3.05) is 24.5 Å². The number of hydrogen-bond acceptors (Lipinski definition) is 6. The van der Waals surface area contributed by atoms with Gasteiger partial charge in [0.25, 0.3) is 0 Å². The van der Waals surface area contributed by atoms with Crippen molar-refractivity contribution < 1.29 is 9.90 Å². The van der Waals surface area contributed by atoms with E-state index in [1.165, 1.54) is 0 Å². The zero-order chi connectivity index (χ0) is 16.8. The Balaban J connectivity index is 1.40. The lowest BCUT2D eigenvalue weighted by molar-refractivity contribution is -0.122. The summed E-state index contributed by atoms with van der Waals surface area (Å²) in [6.45, 7) is 2.11. The molecule has 8 nitrogen and oxygen atoms in total. The molecule has 1 saturated heterocycles. The molecule has 1 fully saturated rings. The summed E-state index contributed by atoms with van der Waals surface area (Å²) in [4.78, 5) is 26.2. The number of anilines is 1. The van der Waals surface area contributed by atoms with Crippen LogP contribution in [0.5, 0.6) is 0 Å². The zero-order valence-corrected chi connectivity index (χ0v) is 13.5. The van der Waals surface area contributed by atoms with Crippen LogP contribution in [0, 0.1) is 0 Å². The lowest BCUT2D eigenvalue weighted by Gasteiger charge is -2.23. The van der Waals surface area contributed by atoms with E-state index < -0.39 is 5.60 Å². The number of nitrogens with one attached hydrogen (secondary N) is 1. The van der Waals surface area contributed by atoms with Crippen molar-refractivity contribution in [3.8, 4) is 0 Å². The maximum absolute atomic E-state index is 11.9. The van der Waals surface area contributed by atoms with Gasteiger partial charge in [0.1, 0.15) is 5.60 Å². The van der Waals surface area contributed by atoms with Crippen molar-refractivity contribution in [1.29, 1.82) is 0 Å². The molecule has 0 aliphatic carbocycles. The first-order valence-electron chi connectivity index (χ1n) is 8.11. The van der Waals surface area contributed by atoms with Crippen LogP contribution in [-0.4, -0.2) is 55.8 Å². The fourth-order valence-corrected chi connectivity index (χ4v) is 2.82. The molecule has 1 amide bonds. The summed E-state index contributed by atoms with van der Waals surface area (Å²) in [7, 11) is 0. The van der Waals surface area contributed by atoms with Crippen molar-refractivity contribution in [3.63, 3.8) is 0 Å². The second-order valence-corrected chi connectivity index (χ2v) is 6.13. The minimum Gasteiger partial charge on any atom is -0.386 e. The Morgan fingerprint density at radius 3 is 2.92 bits per heavy atom. The lowest BCUT2D eigenvalue weighted by atomic mass is 10.0. The van der Waals surface area contributed by atoms with Crippen LogP contribution in [0.15, 0.2) is 37.2 Å². The van der Waals surface area contributed by atoms with Crippen molar-refractivity contribution in [2.24, 2.45) is 0 Å². The molecule has 0 saturated carbocycles. The molecule has 0 unspecified atom stereocenters. The highest BCUT2D eigenvalue weighted by Crippen LogP contribution is 2.23. The molecule has 0 aromatic carbocycles. The normalized spacial score (nSPS) is 20.3. The minimum absolute atomic E-state index is 0.0436. The van der Waals surface area contributed by atoms with Crippen LogP contribution >= 0.6 is 0 Å². The van der Waals surface area contributed by atoms with E-state index in [1.807, 2.05) is 15.7 Å². The van der Waals surface area contributed by atoms with Crippen LogP contribution in [-0.2, 0) is 11.3 Å². The molecule has 3 rings (SSSR count). The number of hydrogen-bond donors (Lipinski definition) is 2. The fourth-order valence-electron chi connectivity index (χ4n) is 2.82. The summed E-state index contributed by atoms with van der Waals surface area (Å²) in [5, 5.41) is 13.5. The van der Waals surface area contributed by atoms with E-state index in [9.17, 15) is 9.90 Å². The van der Waals surface area contributed by atoms with E-state index in [2.05, 4.69) is 20.3 Å². The van der Waals surface area contributed by atoms with Crippen LogP contribution in [0.1, 0.15) is 19.3 Å². The smallest absolute Gasteiger partial charge is 0.225 e. The van der Waals surface area contributed by atoms with Crippen LogP contribution < -0.4 is 10.2 Å². The van der Waals surface area contributed by atoms with Gasteiger partial charge in [-0.2, -0.15) is 0 Å². The summed E-state index contributed by atoms with van der Waals surface area (Å²) in [5.41, 5.74) is -0.931. The second-order valence-electron chi connectivity index (χ2n) is 6.13. The lowest BCUT2D eigenvalue weighted by Crippen LogP contribution is -2.45. The molecule has 3 heterocycles. The van der Waals surface area contributed by atoms with Gasteiger partial charge in [0, 0.05) is 50.8 Å². The molecule has 8 heteroatoms. The number of β-amino-alcohol motifs (C(OH)–C–C–N with tert-alkyl or cyclic N) is 1. The highest BCUT2D eigenvalue weighted by Gasteiger charge is 2.37. The van der Waals surface area contributed by atoms with Crippen LogP contribution in [0.4, 0.5) is 5.95 Å². The van der Waals surface area contributed by atoms with Gasteiger partial charge >= 0.3 is 0 Å². The second kappa shape index (κ2) is 7.39. The minimum atomic E-state index is -0.931. The summed E-state index contributed by atoms with van der Waals surface area (Å²) in [5.74, 6) is 0.568. The van der Waals surface area contributed by atoms with E-state index in [0.29, 0.717) is 31.9 Å². The fraction of sp³-hybridized carbons (Fsp3) is 0.500. The molecular formula is C16H22N6O2. The summed E-state index contributed by atoms with van der Waals surface area (Å²) in [6.07, 6.45) is 10.4. The molecule has 1 aliphatic heterocycles. The quantitative estimate of drug-likeness (QED) is 0.753. The van der Waals surface area contributed by atoms with E-state index in [4.69, 9.17) is 0 Å². The predicted molar refractivity (Wildman–Crippen MR) is 88.3 cm³/mol. The number of amides is 1. The third kappa shape index (κ3) is 4.29. The van der Waals surface area contributed by atoms with Crippen molar-refractivity contribution in [3.05, 3.63) is 37.2 Å². The molecule has 24 heavy (non-hydrogen) atoms. The Bertz CT molecular complexity index is 648. The summed E-state index contributed by atoms with van der Waals surface area (Å²) in [6, 6.07) is 1.76. The zero-order valence-electron chi connectivity index (χ0n) is 13.5. The highest BCUT2D eigenvalue weighted by molar-refractivity contribution is 5.75. The van der Waals surface area contributed by atoms with E-state index in [-0.39, 0.29) is 12.5 Å². The highest BCUT2D eigenvalue weighted by atomic mass is 16.3. The van der Waals surface area contributed by atoms with Gasteiger partial charge in [-0.1, -0.05) is 0 Å². The maximum Gasteiger partial charge on any atom is 0.225 e. The molecule has 2 aromatic heterocycles. The van der Waals surface area contributed by atoms with Crippen LogP contribution in [0.25, 0.3) is 0 Å². The van der Waals surface area contributed by atoms with Crippen molar-refractivity contribution in [1.82, 2.24) is 24.8 Å². The van der Waals surface area contributed by atoms with Gasteiger partial charge in [0.2, 0.25) is 11.9 Å². The monoisotopic (exact) mass is 330 g/mol. The Hall–Kier alpha value is -2.48. The number of carbonyl (C=O) groups is 1. The van der Waals surface area contributed by atoms with Gasteiger partial charge in [0.05, 0.1) is 12.9 Å². The SMILES string of the molecule is O=C(CCCn1ccnc1)NC[C@@]1(O)CCN(c2ncccn2)C1.